The van der Waals surface area contributed by atoms with Crippen LogP contribution in [0.2, 0.25) is 0 Å². The van der Waals surface area contributed by atoms with E-state index >= 15 is 0 Å². The van der Waals surface area contributed by atoms with Gasteiger partial charge in [-0.15, -0.1) is 0 Å². The molecule has 0 spiro atoms. The fraction of sp³-hybridized carbons (Fsp3) is 0.400. The second kappa shape index (κ2) is 6.49. The maximum atomic E-state index is 11.1. The Morgan fingerprint density at radius 2 is 2.19 bits per heavy atom. The van der Waals surface area contributed by atoms with Gasteiger partial charge in [0.25, 0.3) is 0 Å². The summed E-state index contributed by atoms with van der Waals surface area (Å²) in [6.07, 6.45) is 3.37. The van der Waals surface area contributed by atoms with Crippen molar-refractivity contribution in [1.29, 1.82) is 0 Å². The van der Waals surface area contributed by atoms with Crippen molar-refractivity contribution in [3.63, 3.8) is 0 Å². The van der Waals surface area contributed by atoms with Crippen molar-refractivity contribution >= 4 is 17.6 Å². The van der Waals surface area contributed by atoms with Crippen LogP contribution in [0.15, 0.2) is 23.6 Å². The summed E-state index contributed by atoms with van der Waals surface area (Å²) in [5, 5.41) is 3.96. The van der Waals surface area contributed by atoms with Crippen LogP contribution in [0.5, 0.6) is 0 Å². The molecule has 0 saturated heterocycles. The van der Waals surface area contributed by atoms with E-state index in [1.165, 1.54) is 0 Å². The van der Waals surface area contributed by atoms with Gasteiger partial charge in [0.1, 0.15) is 0 Å². The Balaban J connectivity index is 2.42. The number of hydrogen-bond donors (Lipinski definition) is 1. The number of nitrogens with zero attached hydrogens (tertiary/aromatic N) is 3. The molecule has 6 nitrogen and oxygen atoms in total. The number of carbonyl (C=O) groups excluding carboxylic acids is 1. The molecule has 0 radical (unpaired) electrons. The molecule has 0 aromatic carbocycles. The van der Waals surface area contributed by atoms with Crippen molar-refractivity contribution in [2.75, 3.05) is 12.0 Å². The minimum atomic E-state index is -0.292. The van der Waals surface area contributed by atoms with Crippen molar-refractivity contribution in [2.24, 2.45) is 5.10 Å². The van der Waals surface area contributed by atoms with E-state index in [4.69, 9.17) is 4.74 Å². The number of nitrogens with one attached hydrogen (secondary N) is 1. The summed E-state index contributed by atoms with van der Waals surface area (Å²) in [6, 6.07) is 1.71. The molecule has 0 aliphatic rings. The van der Waals surface area contributed by atoms with Crippen molar-refractivity contribution in [1.82, 2.24) is 9.97 Å². The molecular formula is C10H14N4O2. The van der Waals surface area contributed by atoms with Gasteiger partial charge in [0.2, 0.25) is 5.95 Å². The zero-order valence-electron chi connectivity index (χ0n) is 9.30. The van der Waals surface area contributed by atoms with Crippen molar-refractivity contribution in [3.8, 4) is 0 Å². The highest BCUT2D eigenvalue weighted by Crippen LogP contribution is 1.96. The van der Waals surface area contributed by atoms with E-state index in [1.807, 2.05) is 0 Å². The third-order valence-corrected chi connectivity index (χ3v) is 1.62. The van der Waals surface area contributed by atoms with Gasteiger partial charge in [-0.1, -0.05) is 0 Å². The SMILES string of the molecule is CCOC(=O)CC(C)=NNc1ncccn1. The van der Waals surface area contributed by atoms with Gasteiger partial charge in [-0.3, -0.25) is 4.79 Å². The van der Waals surface area contributed by atoms with Gasteiger partial charge in [-0.25, -0.2) is 15.4 Å². The first-order valence-electron chi connectivity index (χ1n) is 4.94. The number of carbonyl (C=O) groups is 1. The summed E-state index contributed by atoms with van der Waals surface area (Å²) < 4.78 is 4.79. The summed E-state index contributed by atoms with van der Waals surface area (Å²) in [5.41, 5.74) is 3.27. The Kier molecular flexibility index (Phi) is 4.91. The van der Waals surface area contributed by atoms with Crippen molar-refractivity contribution in [3.05, 3.63) is 18.5 Å². The number of esters is 1. The predicted octanol–water partition coefficient (Wildman–Crippen LogP) is 1.22. The van der Waals surface area contributed by atoms with E-state index in [1.54, 1.807) is 32.3 Å². The molecule has 86 valence electrons. The summed E-state index contributed by atoms with van der Waals surface area (Å²) in [7, 11) is 0. The fourth-order valence-electron chi connectivity index (χ4n) is 0.963. The fourth-order valence-corrected chi connectivity index (χ4v) is 0.963. The summed E-state index contributed by atoms with van der Waals surface area (Å²) in [6.45, 7) is 3.87. The zero-order valence-corrected chi connectivity index (χ0v) is 9.30. The second-order valence-corrected chi connectivity index (χ2v) is 3.01. The van der Waals surface area contributed by atoms with E-state index in [0.717, 1.165) is 0 Å². The highest BCUT2D eigenvalue weighted by molar-refractivity contribution is 5.97. The van der Waals surface area contributed by atoms with Crippen LogP contribution < -0.4 is 5.43 Å². The molecule has 0 unspecified atom stereocenters. The molecule has 0 amide bonds. The number of rotatable bonds is 5. The molecule has 1 heterocycles. The largest absolute Gasteiger partial charge is 0.466 e. The van der Waals surface area contributed by atoms with Gasteiger partial charge in [0.05, 0.1) is 13.0 Å². The zero-order chi connectivity index (χ0) is 11.8. The minimum Gasteiger partial charge on any atom is -0.466 e. The Bertz CT molecular complexity index is 364. The number of anilines is 1. The van der Waals surface area contributed by atoms with Gasteiger partial charge in [-0.2, -0.15) is 5.10 Å². The number of hydrogen-bond acceptors (Lipinski definition) is 6. The molecule has 0 aliphatic heterocycles. The Morgan fingerprint density at radius 1 is 1.50 bits per heavy atom. The quantitative estimate of drug-likeness (QED) is 0.460. The third kappa shape index (κ3) is 4.50. The molecule has 0 aliphatic carbocycles. The lowest BCUT2D eigenvalue weighted by molar-refractivity contribution is -0.141. The first-order chi connectivity index (χ1) is 7.72. The average molecular weight is 222 g/mol. The smallest absolute Gasteiger partial charge is 0.311 e. The number of aromatic nitrogens is 2. The van der Waals surface area contributed by atoms with Crippen LogP contribution >= 0.6 is 0 Å². The van der Waals surface area contributed by atoms with Crippen LogP contribution in [0.1, 0.15) is 20.3 Å². The van der Waals surface area contributed by atoms with Crippen molar-refractivity contribution < 1.29 is 9.53 Å². The van der Waals surface area contributed by atoms with E-state index < -0.39 is 0 Å². The molecule has 0 bridgehead atoms. The van der Waals surface area contributed by atoms with E-state index in [9.17, 15) is 4.79 Å². The van der Waals surface area contributed by atoms with E-state index in [2.05, 4.69) is 20.5 Å². The normalized spacial score (nSPS) is 11.0. The maximum Gasteiger partial charge on any atom is 0.311 e. The standard InChI is InChI=1S/C10H14N4O2/c1-3-16-9(15)7-8(2)13-14-10-11-5-4-6-12-10/h4-6H,3,7H2,1-2H3,(H,11,12,14). The monoisotopic (exact) mass is 222 g/mol. The van der Waals surface area contributed by atoms with Crippen molar-refractivity contribution in [2.45, 2.75) is 20.3 Å². The second-order valence-electron chi connectivity index (χ2n) is 3.01. The highest BCUT2D eigenvalue weighted by Gasteiger charge is 2.03. The molecule has 0 fully saturated rings. The third-order valence-electron chi connectivity index (χ3n) is 1.62. The summed E-state index contributed by atoms with van der Waals surface area (Å²) in [4.78, 5) is 18.9. The van der Waals surface area contributed by atoms with Gasteiger partial charge in [-0.05, 0) is 19.9 Å². The topological polar surface area (TPSA) is 76.5 Å². The highest BCUT2D eigenvalue weighted by atomic mass is 16.5. The maximum absolute atomic E-state index is 11.1. The van der Waals surface area contributed by atoms with Gasteiger partial charge < -0.3 is 4.74 Å². The first kappa shape index (κ1) is 12.1. The molecule has 0 atom stereocenters. The van der Waals surface area contributed by atoms with Gasteiger partial charge in [0, 0.05) is 18.1 Å². The van der Waals surface area contributed by atoms with Crippen LogP contribution in [0.25, 0.3) is 0 Å². The van der Waals surface area contributed by atoms with Crippen LogP contribution in [0.3, 0.4) is 0 Å². The van der Waals surface area contributed by atoms with Crippen LogP contribution in [-0.4, -0.2) is 28.3 Å². The summed E-state index contributed by atoms with van der Waals surface area (Å²) in [5.74, 6) is 0.102. The average Bonchev–Trinajstić information content (AvgIpc) is 2.28. The minimum absolute atomic E-state index is 0.160. The van der Waals surface area contributed by atoms with E-state index in [-0.39, 0.29) is 12.4 Å². The molecule has 6 heteroatoms. The van der Waals surface area contributed by atoms with Gasteiger partial charge in [0.15, 0.2) is 0 Å². The molecule has 1 aromatic heterocycles. The van der Waals surface area contributed by atoms with E-state index in [0.29, 0.717) is 18.3 Å². The number of ether oxygens (including phenoxy) is 1. The summed E-state index contributed by atoms with van der Waals surface area (Å²) >= 11 is 0. The van der Waals surface area contributed by atoms with Gasteiger partial charge >= 0.3 is 5.97 Å². The number of hydrazone groups is 1. The lowest BCUT2D eigenvalue weighted by Crippen LogP contribution is -2.10. The molecule has 0 saturated carbocycles. The van der Waals surface area contributed by atoms with Crippen LogP contribution in [0.4, 0.5) is 5.95 Å². The Morgan fingerprint density at radius 3 is 2.81 bits per heavy atom. The van der Waals surface area contributed by atoms with Crippen LogP contribution in [0, 0.1) is 0 Å². The Labute approximate surface area is 93.8 Å². The van der Waals surface area contributed by atoms with Crippen LogP contribution in [-0.2, 0) is 9.53 Å². The molecule has 1 N–H and O–H groups in total. The Hall–Kier alpha value is -1.98. The lowest BCUT2D eigenvalue weighted by atomic mass is 10.3. The first-order valence-corrected chi connectivity index (χ1v) is 4.94. The lowest BCUT2D eigenvalue weighted by Gasteiger charge is -2.02. The molecule has 1 rings (SSSR count). The molecule has 16 heavy (non-hydrogen) atoms. The molecule has 1 aromatic rings. The molecular weight excluding hydrogens is 208 g/mol. The predicted molar refractivity (Wildman–Crippen MR) is 60.0 cm³/mol.